The third-order valence-corrected chi connectivity index (χ3v) is 4.22. The zero-order valence-corrected chi connectivity index (χ0v) is 13.0. The molecular weight excluding hydrogens is 252 g/mol. The van der Waals surface area contributed by atoms with E-state index in [1.54, 1.807) is 0 Å². The van der Waals surface area contributed by atoms with Crippen LogP contribution in [0.15, 0.2) is 6.20 Å². The molecule has 0 bridgehead atoms. The van der Waals surface area contributed by atoms with E-state index in [1.807, 2.05) is 0 Å². The standard InChI is InChI=1S/C15H28N4O/c1-4-6-19-11-14(13(2)16-19)10-18-8-7-17(3)15(12-18)5-9-20/h11,15,20H,4-10,12H2,1-3H3/t15-/m0/s1. The SMILES string of the molecule is CCCn1cc(CN2CCN(C)[C@@H](CCO)C2)c(C)n1. The number of piperazine rings is 1. The molecule has 2 rings (SSSR count). The van der Waals surface area contributed by atoms with Crippen LogP contribution >= 0.6 is 0 Å². The predicted octanol–water partition coefficient (Wildman–Crippen LogP) is 1.10. The summed E-state index contributed by atoms with van der Waals surface area (Å²) in [7, 11) is 2.15. The highest BCUT2D eigenvalue weighted by molar-refractivity contribution is 5.15. The van der Waals surface area contributed by atoms with Crippen molar-refractivity contribution < 1.29 is 5.11 Å². The summed E-state index contributed by atoms with van der Waals surface area (Å²) in [6.07, 6.45) is 4.17. The van der Waals surface area contributed by atoms with Crippen LogP contribution in [0, 0.1) is 6.92 Å². The maximum absolute atomic E-state index is 9.16. The zero-order chi connectivity index (χ0) is 14.5. The van der Waals surface area contributed by atoms with Crippen LogP contribution in [0.2, 0.25) is 0 Å². The third-order valence-electron chi connectivity index (χ3n) is 4.22. The van der Waals surface area contributed by atoms with Crippen molar-refractivity contribution in [2.24, 2.45) is 0 Å². The van der Waals surface area contributed by atoms with Crippen LogP contribution in [0.1, 0.15) is 31.0 Å². The Balaban J connectivity index is 1.95. The molecule has 0 spiro atoms. The topological polar surface area (TPSA) is 44.5 Å². The van der Waals surface area contributed by atoms with Crippen molar-refractivity contribution in [1.29, 1.82) is 0 Å². The van der Waals surface area contributed by atoms with Crippen LogP contribution in [0.4, 0.5) is 0 Å². The molecule has 0 amide bonds. The van der Waals surface area contributed by atoms with Crippen LogP contribution in [0.5, 0.6) is 0 Å². The van der Waals surface area contributed by atoms with Crippen molar-refractivity contribution in [3.8, 4) is 0 Å². The first-order valence-electron chi connectivity index (χ1n) is 7.70. The molecule has 5 heteroatoms. The number of aliphatic hydroxyl groups is 1. The lowest BCUT2D eigenvalue weighted by Gasteiger charge is -2.39. The normalized spacial score (nSPS) is 21.5. The molecule has 0 aliphatic carbocycles. The Kier molecular flexibility index (Phi) is 5.57. The number of hydrogen-bond donors (Lipinski definition) is 1. The fraction of sp³-hybridized carbons (Fsp3) is 0.800. The second kappa shape index (κ2) is 7.20. The van der Waals surface area contributed by atoms with Crippen molar-refractivity contribution in [2.45, 2.75) is 45.8 Å². The van der Waals surface area contributed by atoms with Crippen molar-refractivity contribution in [2.75, 3.05) is 33.3 Å². The monoisotopic (exact) mass is 280 g/mol. The number of likely N-dealkylation sites (N-methyl/N-ethyl adjacent to an activating group) is 1. The molecule has 1 saturated heterocycles. The van der Waals surface area contributed by atoms with E-state index in [2.05, 4.69) is 46.7 Å². The highest BCUT2D eigenvalue weighted by Crippen LogP contribution is 2.15. The van der Waals surface area contributed by atoms with Gasteiger partial charge in [0, 0.05) is 57.1 Å². The van der Waals surface area contributed by atoms with Gasteiger partial charge in [-0.3, -0.25) is 9.58 Å². The molecule has 1 aromatic heterocycles. The predicted molar refractivity (Wildman–Crippen MR) is 80.7 cm³/mol. The maximum atomic E-state index is 9.16. The fourth-order valence-electron chi connectivity index (χ4n) is 2.91. The molecule has 0 radical (unpaired) electrons. The molecule has 1 aliphatic heterocycles. The van der Waals surface area contributed by atoms with Gasteiger partial charge < -0.3 is 10.0 Å². The molecule has 1 fully saturated rings. The van der Waals surface area contributed by atoms with E-state index in [0.29, 0.717) is 6.04 Å². The number of nitrogens with zero attached hydrogens (tertiary/aromatic N) is 4. The summed E-state index contributed by atoms with van der Waals surface area (Å²) in [4.78, 5) is 4.85. The van der Waals surface area contributed by atoms with Gasteiger partial charge in [-0.1, -0.05) is 6.92 Å². The molecule has 1 aromatic rings. The molecule has 0 saturated carbocycles. The fourth-order valence-corrected chi connectivity index (χ4v) is 2.91. The second-order valence-corrected chi connectivity index (χ2v) is 5.88. The second-order valence-electron chi connectivity index (χ2n) is 5.88. The van der Waals surface area contributed by atoms with E-state index in [0.717, 1.165) is 51.3 Å². The minimum atomic E-state index is 0.274. The lowest BCUT2D eigenvalue weighted by atomic mass is 10.1. The third kappa shape index (κ3) is 3.81. The Labute approximate surface area is 122 Å². The molecule has 1 N–H and O–H groups in total. The summed E-state index contributed by atoms with van der Waals surface area (Å²) in [5, 5.41) is 13.7. The highest BCUT2D eigenvalue weighted by Gasteiger charge is 2.24. The average molecular weight is 280 g/mol. The quantitative estimate of drug-likeness (QED) is 0.847. The lowest BCUT2D eigenvalue weighted by Crippen LogP contribution is -2.51. The minimum absolute atomic E-state index is 0.274. The van der Waals surface area contributed by atoms with Crippen molar-refractivity contribution in [1.82, 2.24) is 19.6 Å². The molecule has 0 aromatic carbocycles. The first-order chi connectivity index (χ1) is 9.63. The summed E-state index contributed by atoms with van der Waals surface area (Å²) in [5.41, 5.74) is 2.49. The van der Waals surface area contributed by atoms with Crippen molar-refractivity contribution in [3.05, 3.63) is 17.5 Å². The van der Waals surface area contributed by atoms with E-state index in [-0.39, 0.29) is 6.61 Å². The summed E-state index contributed by atoms with van der Waals surface area (Å²) in [6, 6.07) is 0.472. The van der Waals surface area contributed by atoms with Crippen molar-refractivity contribution >= 4 is 0 Å². The summed E-state index contributed by atoms with van der Waals surface area (Å²) in [6.45, 7) is 9.73. The molecule has 0 unspecified atom stereocenters. The average Bonchev–Trinajstić information content (AvgIpc) is 2.75. The van der Waals surface area contributed by atoms with Gasteiger partial charge in [-0.25, -0.2) is 0 Å². The highest BCUT2D eigenvalue weighted by atomic mass is 16.3. The van der Waals surface area contributed by atoms with Gasteiger partial charge in [0.15, 0.2) is 0 Å². The van der Waals surface area contributed by atoms with Gasteiger partial charge in [0.2, 0.25) is 0 Å². The number of hydrogen-bond acceptors (Lipinski definition) is 4. The van der Waals surface area contributed by atoms with E-state index in [4.69, 9.17) is 5.11 Å². The van der Waals surface area contributed by atoms with Crippen molar-refractivity contribution in [3.63, 3.8) is 0 Å². The maximum Gasteiger partial charge on any atom is 0.0638 e. The molecule has 2 heterocycles. The number of aryl methyl sites for hydroxylation is 2. The van der Waals surface area contributed by atoms with E-state index in [9.17, 15) is 0 Å². The number of aliphatic hydroxyl groups excluding tert-OH is 1. The van der Waals surface area contributed by atoms with E-state index < -0.39 is 0 Å². The smallest absolute Gasteiger partial charge is 0.0638 e. The van der Waals surface area contributed by atoms with Gasteiger partial charge >= 0.3 is 0 Å². The van der Waals surface area contributed by atoms with Crippen LogP contribution in [0.3, 0.4) is 0 Å². The number of aromatic nitrogens is 2. The Morgan fingerprint density at radius 3 is 2.90 bits per heavy atom. The Bertz CT molecular complexity index is 418. The van der Waals surface area contributed by atoms with Crippen LogP contribution in [-0.4, -0.2) is 64.0 Å². The van der Waals surface area contributed by atoms with E-state index in [1.165, 1.54) is 5.56 Å². The molecule has 5 nitrogen and oxygen atoms in total. The van der Waals surface area contributed by atoms with Crippen LogP contribution in [0.25, 0.3) is 0 Å². The Hall–Kier alpha value is -0.910. The first-order valence-corrected chi connectivity index (χ1v) is 7.70. The van der Waals surface area contributed by atoms with Gasteiger partial charge in [0.1, 0.15) is 0 Å². The van der Waals surface area contributed by atoms with Gasteiger partial charge in [0.05, 0.1) is 5.69 Å². The largest absolute Gasteiger partial charge is 0.396 e. The summed E-state index contributed by atoms with van der Waals surface area (Å²) >= 11 is 0. The Morgan fingerprint density at radius 1 is 1.40 bits per heavy atom. The Morgan fingerprint density at radius 2 is 2.20 bits per heavy atom. The molecule has 114 valence electrons. The van der Waals surface area contributed by atoms with Crippen LogP contribution < -0.4 is 0 Å². The molecule has 20 heavy (non-hydrogen) atoms. The first kappa shape index (κ1) is 15.5. The van der Waals surface area contributed by atoms with Gasteiger partial charge in [-0.05, 0) is 26.8 Å². The van der Waals surface area contributed by atoms with Crippen LogP contribution in [-0.2, 0) is 13.1 Å². The van der Waals surface area contributed by atoms with Gasteiger partial charge in [-0.15, -0.1) is 0 Å². The lowest BCUT2D eigenvalue weighted by molar-refractivity contribution is 0.0742. The molecule has 1 aliphatic rings. The summed E-state index contributed by atoms with van der Waals surface area (Å²) < 4.78 is 2.06. The summed E-state index contributed by atoms with van der Waals surface area (Å²) in [5.74, 6) is 0. The molecular formula is C15H28N4O. The van der Waals surface area contributed by atoms with Gasteiger partial charge in [0.25, 0.3) is 0 Å². The molecule has 1 atom stereocenters. The zero-order valence-electron chi connectivity index (χ0n) is 13.0. The number of rotatable bonds is 6. The van der Waals surface area contributed by atoms with Gasteiger partial charge in [-0.2, -0.15) is 5.10 Å². The minimum Gasteiger partial charge on any atom is -0.396 e. The van der Waals surface area contributed by atoms with E-state index >= 15 is 0 Å².